The van der Waals surface area contributed by atoms with Crippen molar-refractivity contribution in [3.05, 3.63) is 69.3 Å². The number of hydrogen-bond acceptors (Lipinski definition) is 7. The van der Waals surface area contributed by atoms with Crippen molar-refractivity contribution >= 4 is 23.5 Å². The quantitative estimate of drug-likeness (QED) is 0.325. The van der Waals surface area contributed by atoms with Crippen LogP contribution in [0.25, 0.3) is 11.8 Å². The normalized spacial score (nSPS) is 14.5. The van der Waals surface area contributed by atoms with Gasteiger partial charge in [-0.3, -0.25) is 10.1 Å². The zero-order valence-corrected chi connectivity index (χ0v) is 15.4. The molecule has 0 amide bonds. The van der Waals surface area contributed by atoms with E-state index < -0.39 is 10.9 Å². The van der Waals surface area contributed by atoms with Gasteiger partial charge in [0.15, 0.2) is 11.5 Å². The van der Waals surface area contributed by atoms with Gasteiger partial charge < -0.3 is 18.9 Å². The number of esters is 1. The van der Waals surface area contributed by atoms with E-state index >= 15 is 0 Å². The molecule has 0 unspecified atom stereocenters. The number of carbonyl (C=O) groups excluding carboxylic acids is 1. The van der Waals surface area contributed by atoms with E-state index in [9.17, 15) is 14.9 Å². The third-order valence-electron chi connectivity index (χ3n) is 4.14. The fraction of sp³-hybridized carbons (Fsp3) is 0.150. The fourth-order valence-corrected chi connectivity index (χ4v) is 2.71. The Hall–Kier alpha value is -3.81. The van der Waals surface area contributed by atoms with E-state index in [0.29, 0.717) is 22.8 Å². The van der Waals surface area contributed by atoms with Crippen molar-refractivity contribution in [2.75, 3.05) is 21.3 Å². The predicted molar refractivity (Wildman–Crippen MR) is 101 cm³/mol. The third-order valence-corrected chi connectivity index (χ3v) is 4.14. The standard InChI is InChI=1S/C20H17NO7/c1-25-15-6-4-12(5-7-15)17-10-14(20(22)28-17)8-13-9-18(26-2)19(27-3)11-16(13)21(23)24/h4-11H,1-3H3. The van der Waals surface area contributed by atoms with Crippen LogP contribution >= 0.6 is 0 Å². The van der Waals surface area contributed by atoms with Gasteiger partial charge >= 0.3 is 5.97 Å². The molecule has 0 bridgehead atoms. The van der Waals surface area contributed by atoms with E-state index in [2.05, 4.69) is 0 Å². The minimum absolute atomic E-state index is 0.182. The number of nitro groups is 1. The molecule has 0 saturated carbocycles. The van der Waals surface area contributed by atoms with Crippen LogP contribution in [0, 0.1) is 10.1 Å². The average molecular weight is 383 g/mol. The van der Waals surface area contributed by atoms with Crippen LogP contribution in [0.4, 0.5) is 5.69 Å². The lowest BCUT2D eigenvalue weighted by Crippen LogP contribution is -1.99. The van der Waals surface area contributed by atoms with Gasteiger partial charge in [-0.25, -0.2) is 4.79 Å². The zero-order chi connectivity index (χ0) is 20.3. The van der Waals surface area contributed by atoms with Crippen molar-refractivity contribution in [1.29, 1.82) is 0 Å². The molecule has 1 heterocycles. The number of benzene rings is 2. The second kappa shape index (κ2) is 7.83. The molecule has 0 radical (unpaired) electrons. The number of methoxy groups -OCH3 is 3. The maximum Gasteiger partial charge on any atom is 0.343 e. The summed E-state index contributed by atoms with van der Waals surface area (Å²) in [6, 6.07) is 9.67. The molecule has 0 fully saturated rings. The summed E-state index contributed by atoms with van der Waals surface area (Å²) in [7, 11) is 4.37. The molecule has 2 aromatic carbocycles. The molecule has 0 aromatic heterocycles. The predicted octanol–water partition coefficient (Wildman–Crippen LogP) is 3.60. The summed E-state index contributed by atoms with van der Waals surface area (Å²) in [5, 5.41) is 11.4. The average Bonchev–Trinajstić information content (AvgIpc) is 3.07. The lowest BCUT2D eigenvalue weighted by Gasteiger charge is -2.08. The number of carbonyl (C=O) groups is 1. The summed E-state index contributed by atoms with van der Waals surface area (Å²) in [6.45, 7) is 0. The Morgan fingerprint density at radius 1 is 1.00 bits per heavy atom. The summed E-state index contributed by atoms with van der Waals surface area (Å²) in [5.41, 5.74) is 0.839. The fourth-order valence-electron chi connectivity index (χ4n) is 2.71. The van der Waals surface area contributed by atoms with Gasteiger partial charge in [0.05, 0.1) is 43.5 Å². The number of nitro benzene ring substituents is 1. The topological polar surface area (TPSA) is 97.1 Å². The second-order valence-electron chi connectivity index (χ2n) is 5.75. The van der Waals surface area contributed by atoms with Gasteiger partial charge in [0.1, 0.15) is 11.5 Å². The summed E-state index contributed by atoms with van der Waals surface area (Å²) < 4.78 is 20.7. The van der Waals surface area contributed by atoms with Gasteiger partial charge in [0.2, 0.25) is 0 Å². The first-order valence-corrected chi connectivity index (χ1v) is 8.17. The van der Waals surface area contributed by atoms with Crippen molar-refractivity contribution in [1.82, 2.24) is 0 Å². The molecule has 3 rings (SSSR count). The largest absolute Gasteiger partial charge is 0.497 e. The van der Waals surface area contributed by atoms with Gasteiger partial charge in [-0.05, 0) is 42.5 Å². The molecular formula is C20H17NO7. The number of ether oxygens (including phenoxy) is 4. The van der Waals surface area contributed by atoms with Crippen molar-refractivity contribution in [2.24, 2.45) is 0 Å². The van der Waals surface area contributed by atoms with E-state index in [0.717, 1.165) is 0 Å². The highest BCUT2D eigenvalue weighted by molar-refractivity contribution is 6.05. The summed E-state index contributed by atoms with van der Waals surface area (Å²) in [4.78, 5) is 23.1. The molecule has 28 heavy (non-hydrogen) atoms. The first-order chi connectivity index (χ1) is 13.5. The Labute approximate surface area is 160 Å². The second-order valence-corrected chi connectivity index (χ2v) is 5.75. The first kappa shape index (κ1) is 19.0. The number of cyclic esters (lactones) is 1. The van der Waals surface area contributed by atoms with Crippen LogP contribution in [0.15, 0.2) is 48.0 Å². The molecule has 0 saturated heterocycles. The van der Waals surface area contributed by atoms with Crippen LogP contribution in [-0.2, 0) is 9.53 Å². The van der Waals surface area contributed by atoms with E-state index in [1.54, 1.807) is 31.4 Å². The summed E-state index contributed by atoms with van der Waals surface area (Å²) in [5.74, 6) is 0.952. The molecule has 0 atom stereocenters. The van der Waals surface area contributed by atoms with Gasteiger partial charge in [0, 0.05) is 5.56 Å². The molecule has 1 aliphatic heterocycles. The molecular weight excluding hydrogens is 366 g/mol. The highest BCUT2D eigenvalue weighted by atomic mass is 16.6. The van der Waals surface area contributed by atoms with Crippen LogP contribution in [0.5, 0.6) is 17.2 Å². The van der Waals surface area contributed by atoms with E-state index in [1.807, 2.05) is 0 Å². The molecule has 8 nitrogen and oxygen atoms in total. The molecule has 0 N–H and O–H groups in total. The van der Waals surface area contributed by atoms with Crippen molar-refractivity contribution in [2.45, 2.75) is 0 Å². The number of rotatable bonds is 6. The van der Waals surface area contributed by atoms with E-state index in [1.165, 1.54) is 38.5 Å². The minimum Gasteiger partial charge on any atom is -0.497 e. The maximum absolute atomic E-state index is 12.3. The van der Waals surface area contributed by atoms with Crippen LogP contribution in [0.1, 0.15) is 11.1 Å². The minimum atomic E-state index is -0.602. The van der Waals surface area contributed by atoms with Gasteiger partial charge in [0.25, 0.3) is 5.69 Å². The highest BCUT2D eigenvalue weighted by Crippen LogP contribution is 2.37. The van der Waals surface area contributed by atoms with Crippen LogP contribution < -0.4 is 14.2 Å². The van der Waals surface area contributed by atoms with E-state index in [-0.39, 0.29) is 22.6 Å². The Morgan fingerprint density at radius 3 is 2.21 bits per heavy atom. The van der Waals surface area contributed by atoms with Crippen LogP contribution in [-0.4, -0.2) is 32.2 Å². The molecule has 8 heteroatoms. The van der Waals surface area contributed by atoms with Gasteiger partial charge in [-0.15, -0.1) is 0 Å². The van der Waals surface area contributed by atoms with Crippen molar-refractivity contribution in [3.8, 4) is 17.2 Å². The lowest BCUT2D eigenvalue weighted by atomic mass is 10.1. The third kappa shape index (κ3) is 3.66. The smallest absolute Gasteiger partial charge is 0.343 e. The summed E-state index contributed by atoms with van der Waals surface area (Å²) >= 11 is 0. The molecule has 144 valence electrons. The van der Waals surface area contributed by atoms with Gasteiger partial charge in [-0.1, -0.05) is 0 Å². The number of nitrogens with zero attached hydrogens (tertiary/aromatic N) is 1. The first-order valence-electron chi connectivity index (χ1n) is 8.17. The molecule has 2 aromatic rings. The Bertz CT molecular complexity index is 990. The van der Waals surface area contributed by atoms with Crippen molar-refractivity contribution in [3.63, 3.8) is 0 Å². The van der Waals surface area contributed by atoms with Crippen molar-refractivity contribution < 1.29 is 28.7 Å². The lowest BCUT2D eigenvalue weighted by molar-refractivity contribution is -0.385. The summed E-state index contributed by atoms with van der Waals surface area (Å²) in [6.07, 6.45) is 2.92. The monoisotopic (exact) mass is 383 g/mol. The SMILES string of the molecule is COc1ccc(C2=CC(=Cc3cc(OC)c(OC)cc3[N+](=O)[O-])C(=O)O2)cc1. The van der Waals surface area contributed by atoms with Crippen LogP contribution in [0.3, 0.4) is 0 Å². The zero-order valence-electron chi connectivity index (χ0n) is 15.4. The maximum atomic E-state index is 12.3. The highest BCUT2D eigenvalue weighted by Gasteiger charge is 2.25. The molecule has 0 spiro atoms. The molecule has 0 aliphatic carbocycles. The van der Waals surface area contributed by atoms with Gasteiger partial charge in [-0.2, -0.15) is 0 Å². The Morgan fingerprint density at radius 2 is 1.64 bits per heavy atom. The van der Waals surface area contributed by atoms with E-state index in [4.69, 9.17) is 18.9 Å². The number of hydrogen-bond donors (Lipinski definition) is 0. The van der Waals surface area contributed by atoms with Crippen LogP contribution in [0.2, 0.25) is 0 Å². The Balaban J connectivity index is 2.03. The Kier molecular flexibility index (Phi) is 5.30. The molecule has 1 aliphatic rings.